The second kappa shape index (κ2) is 7.78. The lowest BCUT2D eigenvalue weighted by molar-refractivity contribution is 0.181. The van der Waals surface area contributed by atoms with Gasteiger partial charge in [0, 0.05) is 32.7 Å². The minimum absolute atomic E-state index is 0.366. The molecule has 0 saturated carbocycles. The number of benzene rings is 2. The maximum absolute atomic E-state index is 13.0. The summed E-state index contributed by atoms with van der Waals surface area (Å²) in [5.74, 6) is 0.671. The van der Waals surface area contributed by atoms with Gasteiger partial charge in [-0.3, -0.25) is 4.90 Å². The van der Waals surface area contributed by atoms with Gasteiger partial charge in [-0.05, 0) is 43.2 Å². The zero-order valence-electron chi connectivity index (χ0n) is 15.6. The molecule has 3 rings (SSSR count). The Balaban J connectivity index is 1.67. The summed E-state index contributed by atoms with van der Waals surface area (Å²) in [6.07, 6.45) is 0. The van der Waals surface area contributed by atoms with Crippen LogP contribution in [0.3, 0.4) is 0 Å². The minimum Gasteiger partial charge on any atom is -0.497 e. The fourth-order valence-corrected chi connectivity index (χ4v) is 5.00. The summed E-state index contributed by atoms with van der Waals surface area (Å²) in [6, 6.07) is 13.6. The molecule has 0 bridgehead atoms. The fourth-order valence-electron chi connectivity index (χ4n) is 3.37. The molecule has 2 aromatic rings. The monoisotopic (exact) mass is 374 g/mol. The second-order valence-corrected chi connectivity index (χ2v) is 8.71. The molecule has 2 aromatic carbocycles. The Bertz CT molecular complexity index is 872. The summed E-state index contributed by atoms with van der Waals surface area (Å²) in [5, 5.41) is 0. The SMILES string of the molecule is COc1ccc(S(=O)(=O)N2CCN(Cc3cccc(C)c3)CC2)c(C)c1. The van der Waals surface area contributed by atoms with Crippen LogP contribution in [0.15, 0.2) is 47.4 Å². The van der Waals surface area contributed by atoms with Gasteiger partial charge in [-0.25, -0.2) is 8.42 Å². The lowest BCUT2D eigenvalue weighted by atomic mass is 10.1. The first-order chi connectivity index (χ1) is 12.4. The topological polar surface area (TPSA) is 49.9 Å². The van der Waals surface area contributed by atoms with Crippen molar-refractivity contribution in [2.75, 3.05) is 33.3 Å². The van der Waals surface area contributed by atoms with E-state index >= 15 is 0 Å². The van der Waals surface area contributed by atoms with Crippen molar-refractivity contribution < 1.29 is 13.2 Å². The summed E-state index contributed by atoms with van der Waals surface area (Å²) >= 11 is 0. The third-order valence-electron chi connectivity index (χ3n) is 4.82. The van der Waals surface area contributed by atoms with E-state index in [-0.39, 0.29) is 0 Å². The maximum atomic E-state index is 13.0. The summed E-state index contributed by atoms with van der Waals surface area (Å²) < 4.78 is 32.7. The number of sulfonamides is 1. The average Bonchev–Trinajstić information content (AvgIpc) is 2.62. The second-order valence-electron chi connectivity index (χ2n) is 6.80. The van der Waals surface area contributed by atoms with E-state index in [0.29, 0.717) is 29.3 Å². The van der Waals surface area contributed by atoms with Crippen molar-refractivity contribution in [2.24, 2.45) is 0 Å². The van der Waals surface area contributed by atoms with Gasteiger partial charge in [-0.15, -0.1) is 0 Å². The van der Waals surface area contributed by atoms with E-state index in [4.69, 9.17) is 4.74 Å². The van der Waals surface area contributed by atoms with Crippen LogP contribution in [0.5, 0.6) is 5.75 Å². The number of ether oxygens (including phenoxy) is 1. The molecule has 0 N–H and O–H groups in total. The van der Waals surface area contributed by atoms with Gasteiger partial charge in [-0.2, -0.15) is 4.31 Å². The molecule has 1 aliphatic heterocycles. The standard InChI is InChI=1S/C20H26N2O3S/c1-16-5-4-6-18(13-16)15-21-9-11-22(12-10-21)26(23,24)20-8-7-19(25-3)14-17(20)2/h4-8,13-14H,9-12,15H2,1-3H3. The predicted octanol–water partition coefficient (Wildman–Crippen LogP) is 2.82. The van der Waals surface area contributed by atoms with E-state index in [9.17, 15) is 8.42 Å². The molecule has 6 heteroatoms. The number of rotatable bonds is 5. The zero-order valence-corrected chi connectivity index (χ0v) is 16.4. The van der Waals surface area contributed by atoms with Gasteiger partial charge >= 0.3 is 0 Å². The Morgan fingerprint density at radius 1 is 1.00 bits per heavy atom. The van der Waals surface area contributed by atoms with Crippen LogP contribution in [0.2, 0.25) is 0 Å². The van der Waals surface area contributed by atoms with Crippen molar-refractivity contribution in [3.63, 3.8) is 0 Å². The Morgan fingerprint density at radius 2 is 1.73 bits per heavy atom. The Kier molecular flexibility index (Phi) is 5.65. The average molecular weight is 375 g/mol. The van der Waals surface area contributed by atoms with Crippen molar-refractivity contribution in [3.05, 3.63) is 59.2 Å². The van der Waals surface area contributed by atoms with Gasteiger partial charge < -0.3 is 4.74 Å². The Morgan fingerprint density at radius 3 is 2.35 bits per heavy atom. The molecular weight excluding hydrogens is 348 g/mol. The minimum atomic E-state index is -3.47. The van der Waals surface area contributed by atoms with E-state index in [0.717, 1.165) is 19.6 Å². The van der Waals surface area contributed by atoms with Crippen LogP contribution in [-0.2, 0) is 16.6 Å². The molecule has 0 spiro atoms. The third kappa shape index (κ3) is 4.09. The molecule has 1 fully saturated rings. The van der Waals surface area contributed by atoms with Crippen molar-refractivity contribution in [3.8, 4) is 5.75 Å². The van der Waals surface area contributed by atoms with Gasteiger partial charge in [0.2, 0.25) is 10.0 Å². The van der Waals surface area contributed by atoms with Gasteiger partial charge in [0.25, 0.3) is 0 Å². The summed E-state index contributed by atoms with van der Waals surface area (Å²) in [7, 11) is -1.89. The molecular formula is C20H26N2O3S. The van der Waals surface area contributed by atoms with Crippen LogP contribution in [0.4, 0.5) is 0 Å². The largest absolute Gasteiger partial charge is 0.497 e. The Hall–Kier alpha value is -1.89. The molecule has 0 aromatic heterocycles. The van der Waals surface area contributed by atoms with Gasteiger partial charge in [0.15, 0.2) is 0 Å². The predicted molar refractivity (Wildman–Crippen MR) is 103 cm³/mol. The molecule has 5 nitrogen and oxygen atoms in total. The van der Waals surface area contributed by atoms with E-state index in [2.05, 4.69) is 36.1 Å². The van der Waals surface area contributed by atoms with E-state index in [1.54, 1.807) is 29.6 Å². The van der Waals surface area contributed by atoms with Crippen LogP contribution in [0, 0.1) is 13.8 Å². The third-order valence-corrected chi connectivity index (χ3v) is 6.88. The number of methoxy groups -OCH3 is 1. The number of nitrogens with zero attached hydrogens (tertiary/aromatic N) is 2. The van der Waals surface area contributed by atoms with E-state index < -0.39 is 10.0 Å². The quantitative estimate of drug-likeness (QED) is 0.808. The van der Waals surface area contributed by atoms with E-state index in [1.807, 2.05) is 6.92 Å². The van der Waals surface area contributed by atoms with Crippen LogP contribution in [0.25, 0.3) is 0 Å². The number of aryl methyl sites for hydroxylation is 2. The van der Waals surface area contributed by atoms with Crippen molar-refractivity contribution in [2.45, 2.75) is 25.3 Å². The van der Waals surface area contributed by atoms with Crippen molar-refractivity contribution in [1.82, 2.24) is 9.21 Å². The fraction of sp³-hybridized carbons (Fsp3) is 0.400. The van der Waals surface area contributed by atoms with Gasteiger partial charge in [0.05, 0.1) is 12.0 Å². The summed E-state index contributed by atoms with van der Waals surface area (Å²) in [6.45, 7) is 7.26. The number of hydrogen-bond donors (Lipinski definition) is 0. The highest BCUT2D eigenvalue weighted by Gasteiger charge is 2.29. The molecule has 26 heavy (non-hydrogen) atoms. The first kappa shape index (κ1) is 18.9. The highest BCUT2D eigenvalue weighted by Crippen LogP contribution is 2.25. The molecule has 1 heterocycles. The maximum Gasteiger partial charge on any atom is 0.243 e. The first-order valence-electron chi connectivity index (χ1n) is 8.83. The number of hydrogen-bond acceptors (Lipinski definition) is 4. The molecule has 140 valence electrons. The van der Waals surface area contributed by atoms with Crippen LogP contribution < -0.4 is 4.74 Å². The highest BCUT2D eigenvalue weighted by atomic mass is 32.2. The normalized spacial score (nSPS) is 16.6. The molecule has 0 aliphatic carbocycles. The first-order valence-corrected chi connectivity index (χ1v) is 10.3. The Labute approximate surface area is 156 Å². The van der Waals surface area contributed by atoms with Crippen LogP contribution >= 0.6 is 0 Å². The van der Waals surface area contributed by atoms with Crippen LogP contribution in [-0.4, -0.2) is 50.9 Å². The molecule has 0 amide bonds. The van der Waals surface area contributed by atoms with Crippen molar-refractivity contribution in [1.29, 1.82) is 0 Å². The zero-order chi connectivity index (χ0) is 18.7. The molecule has 0 unspecified atom stereocenters. The van der Waals surface area contributed by atoms with Gasteiger partial charge in [-0.1, -0.05) is 29.8 Å². The van der Waals surface area contributed by atoms with E-state index in [1.165, 1.54) is 11.1 Å². The highest BCUT2D eigenvalue weighted by molar-refractivity contribution is 7.89. The summed E-state index contributed by atoms with van der Waals surface area (Å²) in [4.78, 5) is 2.67. The van der Waals surface area contributed by atoms with Gasteiger partial charge in [0.1, 0.15) is 5.75 Å². The smallest absolute Gasteiger partial charge is 0.243 e. The molecule has 0 radical (unpaired) electrons. The lowest BCUT2D eigenvalue weighted by Crippen LogP contribution is -2.48. The molecule has 1 aliphatic rings. The number of piperazine rings is 1. The summed E-state index contributed by atoms with van der Waals surface area (Å²) in [5.41, 5.74) is 3.23. The molecule has 1 saturated heterocycles. The molecule has 0 atom stereocenters. The van der Waals surface area contributed by atoms with Crippen LogP contribution in [0.1, 0.15) is 16.7 Å². The lowest BCUT2D eigenvalue weighted by Gasteiger charge is -2.34. The van der Waals surface area contributed by atoms with Crippen molar-refractivity contribution >= 4 is 10.0 Å².